The Bertz CT molecular complexity index is 1170. The van der Waals surface area contributed by atoms with Crippen molar-refractivity contribution in [3.05, 3.63) is 72.3 Å². The number of hydrogen-bond donors (Lipinski definition) is 2. The lowest BCUT2D eigenvalue weighted by Gasteiger charge is -2.28. The highest BCUT2D eigenvalue weighted by Gasteiger charge is 2.41. The molecule has 0 saturated carbocycles. The average molecular weight is 464 g/mol. The number of ether oxygens (including phenoxy) is 1. The van der Waals surface area contributed by atoms with E-state index in [0.717, 1.165) is 16.9 Å². The van der Waals surface area contributed by atoms with Gasteiger partial charge in [0.1, 0.15) is 5.75 Å². The zero-order valence-corrected chi connectivity index (χ0v) is 20.3. The summed E-state index contributed by atoms with van der Waals surface area (Å²) in [5.74, 6) is 0.491. The predicted molar refractivity (Wildman–Crippen MR) is 134 cm³/mol. The van der Waals surface area contributed by atoms with E-state index in [4.69, 9.17) is 17.0 Å². The summed E-state index contributed by atoms with van der Waals surface area (Å²) in [6.45, 7) is 5.62. The molecule has 8 heteroatoms. The SMILES string of the molecule is COc1cc(N2C(=S)NC(c3ccccn3)C2c2ccn(C)c2)ccc1NC(=O)C(C)(C)C. The number of thiocarbonyl (C=S) groups is 1. The number of benzene rings is 1. The predicted octanol–water partition coefficient (Wildman–Crippen LogP) is 4.59. The molecule has 1 fully saturated rings. The molecule has 7 nitrogen and oxygen atoms in total. The van der Waals surface area contributed by atoms with Gasteiger partial charge in [0.25, 0.3) is 0 Å². The monoisotopic (exact) mass is 463 g/mol. The smallest absolute Gasteiger partial charge is 0.229 e. The van der Waals surface area contributed by atoms with Crippen LogP contribution in [0.2, 0.25) is 0 Å². The van der Waals surface area contributed by atoms with Gasteiger partial charge in [-0.2, -0.15) is 0 Å². The Morgan fingerprint density at radius 1 is 1.21 bits per heavy atom. The normalized spacial score (nSPS) is 18.2. The number of rotatable bonds is 5. The largest absolute Gasteiger partial charge is 0.494 e. The van der Waals surface area contributed by atoms with Crippen molar-refractivity contribution in [1.82, 2.24) is 14.9 Å². The van der Waals surface area contributed by atoms with Gasteiger partial charge in [-0.3, -0.25) is 9.78 Å². The minimum Gasteiger partial charge on any atom is -0.494 e. The molecule has 1 amide bonds. The third kappa shape index (κ3) is 4.57. The summed E-state index contributed by atoms with van der Waals surface area (Å²) in [6.07, 6.45) is 5.91. The fourth-order valence-corrected chi connectivity index (χ4v) is 4.26. The number of amides is 1. The van der Waals surface area contributed by atoms with Crippen LogP contribution in [-0.2, 0) is 11.8 Å². The topological polar surface area (TPSA) is 71.4 Å². The van der Waals surface area contributed by atoms with Gasteiger partial charge in [-0.25, -0.2) is 0 Å². The Balaban J connectivity index is 1.74. The highest BCUT2D eigenvalue weighted by atomic mass is 32.1. The second-order valence-corrected chi connectivity index (χ2v) is 9.58. The molecule has 3 heterocycles. The van der Waals surface area contributed by atoms with Crippen molar-refractivity contribution in [1.29, 1.82) is 0 Å². The molecule has 2 N–H and O–H groups in total. The Kier molecular flexibility index (Phi) is 6.12. The van der Waals surface area contributed by atoms with Crippen LogP contribution < -0.4 is 20.3 Å². The highest BCUT2D eigenvalue weighted by molar-refractivity contribution is 7.80. The van der Waals surface area contributed by atoms with E-state index in [1.165, 1.54) is 0 Å². The second kappa shape index (κ2) is 8.86. The minimum absolute atomic E-state index is 0.0794. The van der Waals surface area contributed by atoms with Crippen LogP contribution in [0.3, 0.4) is 0 Å². The van der Waals surface area contributed by atoms with E-state index in [-0.39, 0.29) is 18.0 Å². The molecule has 0 radical (unpaired) electrons. The minimum atomic E-state index is -0.515. The summed E-state index contributed by atoms with van der Waals surface area (Å²) >= 11 is 5.78. The zero-order chi connectivity index (χ0) is 23.8. The molecule has 0 aliphatic carbocycles. The van der Waals surface area contributed by atoms with Gasteiger partial charge >= 0.3 is 0 Å². The van der Waals surface area contributed by atoms with Gasteiger partial charge in [0, 0.05) is 42.8 Å². The summed E-state index contributed by atoms with van der Waals surface area (Å²) in [5, 5.41) is 7.03. The van der Waals surface area contributed by atoms with E-state index in [1.807, 2.05) is 75.0 Å². The van der Waals surface area contributed by atoms with Crippen molar-refractivity contribution in [3.63, 3.8) is 0 Å². The van der Waals surface area contributed by atoms with Gasteiger partial charge in [-0.05, 0) is 48.1 Å². The molecule has 1 aliphatic rings. The molecule has 4 rings (SSSR count). The lowest BCUT2D eigenvalue weighted by molar-refractivity contribution is -0.123. The van der Waals surface area contributed by atoms with E-state index >= 15 is 0 Å². The molecular weight excluding hydrogens is 434 g/mol. The lowest BCUT2D eigenvalue weighted by atomic mass is 9.95. The van der Waals surface area contributed by atoms with Crippen LogP contribution in [0.15, 0.2) is 61.1 Å². The first-order valence-electron chi connectivity index (χ1n) is 10.8. The maximum absolute atomic E-state index is 12.5. The van der Waals surface area contributed by atoms with E-state index < -0.39 is 5.41 Å². The quantitative estimate of drug-likeness (QED) is 0.540. The highest BCUT2D eigenvalue weighted by Crippen LogP contribution is 2.43. The summed E-state index contributed by atoms with van der Waals surface area (Å²) in [5.41, 5.74) is 3.00. The Hall–Kier alpha value is -3.39. The van der Waals surface area contributed by atoms with Gasteiger partial charge < -0.3 is 24.8 Å². The summed E-state index contributed by atoms with van der Waals surface area (Å²) in [6, 6.07) is 13.5. The lowest BCUT2D eigenvalue weighted by Crippen LogP contribution is -2.30. The van der Waals surface area contributed by atoms with Crippen LogP contribution in [0.4, 0.5) is 11.4 Å². The van der Waals surface area contributed by atoms with Gasteiger partial charge in [0.15, 0.2) is 5.11 Å². The number of nitrogens with zero attached hydrogens (tertiary/aromatic N) is 3. The van der Waals surface area contributed by atoms with Crippen LogP contribution in [0.25, 0.3) is 0 Å². The van der Waals surface area contributed by atoms with Crippen molar-refractivity contribution >= 4 is 34.6 Å². The molecular formula is C25H29N5O2S. The number of aryl methyl sites for hydroxylation is 1. The van der Waals surface area contributed by atoms with E-state index in [1.54, 1.807) is 13.3 Å². The fraction of sp³-hybridized carbons (Fsp3) is 0.320. The number of nitrogens with one attached hydrogen (secondary N) is 2. The molecule has 33 heavy (non-hydrogen) atoms. The first-order valence-corrected chi connectivity index (χ1v) is 11.2. The van der Waals surface area contributed by atoms with Crippen LogP contribution >= 0.6 is 12.2 Å². The first kappa shape index (κ1) is 22.8. The van der Waals surface area contributed by atoms with Crippen molar-refractivity contribution in [2.45, 2.75) is 32.9 Å². The fourth-order valence-electron chi connectivity index (χ4n) is 3.91. The first-order chi connectivity index (χ1) is 15.7. The number of carbonyl (C=O) groups is 1. The molecule has 2 atom stereocenters. The number of hydrogen-bond acceptors (Lipinski definition) is 4. The maximum atomic E-state index is 12.5. The maximum Gasteiger partial charge on any atom is 0.229 e. The molecule has 3 aromatic rings. The standard InChI is InChI=1S/C25H29N5O2S/c1-25(2,3)23(31)27-18-10-9-17(14-20(18)32-5)30-22(16-11-13-29(4)15-16)21(28-24(30)33)19-8-6-7-12-26-19/h6-15,21-22H,1-5H3,(H,27,31)(H,28,33). The molecule has 0 spiro atoms. The van der Waals surface area contributed by atoms with Crippen LogP contribution in [-0.4, -0.2) is 27.7 Å². The molecule has 172 valence electrons. The third-order valence-corrected chi connectivity index (χ3v) is 6.00. The van der Waals surface area contributed by atoms with Crippen LogP contribution in [0.5, 0.6) is 5.75 Å². The Morgan fingerprint density at radius 2 is 2.00 bits per heavy atom. The van der Waals surface area contributed by atoms with Crippen molar-refractivity contribution in [2.75, 3.05) is 17.3 Å². The molecule has 0 bridgehead atoms. The second-order valence-electron chi connectivity index (χ2n) is 9.20. The summed E-state index contributed by atoms with van der Waals surface area (Å²) in [7, 11) is 3.60. The van der Waals surface area contributed by atoms with Crippen LogP contribution in [0.1, 0.15) is 44.1 Å². The van der Waals surface area contributed by atoms with Crippen molar-refractivity contribution in [2.24, 2.45) is 12.5 Å². The average Bonchev–Trinajstić information content (AvgIpc) is 3.36. The third-order valence-electron chi connectivity index (χ3n) is 5.69. The van der Waals surface area contributed by atoms with Gasteiger partial charge in [-0.15, -0.1) is 0 Å². The molecule has 1 aliphatic heterocycles. The van der Waals surface area contributed by atoms with E-state index in [2.05, 4.69) is 32.8 Å². The Labute approximate surface area is 199 Å². The van der Waals surface area contributed by atoms with E-state index in [0.29, 0.717) is 16.5 Å². The summed E-state index contributed by atoms with van der Waals surface area (Å²) < 4.78 is 7.65. The molecule has 2 aromatic heterocycles. The van der Waals surface area contributed by atoms with E-state index in [9.17, 15) is 4.79 Å². The zero-order valence-electron chi connectivity index (χ0n) is 19.5. The van der Waals surface area contributed by atoms with Gasteiger partial charge in [-0.1, -0.05) is 26.8 Å². The number of anilines is 2. The van der Waals surface area contributed by atoms with Crippen molar-refractivity contribution < 1.29 is 9.53 Å². The van der Waals surface area contributed by atoms with Gasteiger partial charge in [0.05, 0.1) is 30.6 Å². The number of aromatic nitrogens is 2. The number of methoxy groups -OCH3 is 1. The Morgan fingerprint density at radius 3 is 2.61 bits per heavy atom. The van der Waals surface area contributed by atoms with Crippen LogP contribution in [0, 0.1) is 5.41 Å². The van der Waals surface area contributed by atoms with Gasteiger partial charge in [0.2, 0.25) is 5.91 Å². The molecule has 1 aromatic carbocycles. The molecule has 1 saturated heterocycles. The number of pyridine rings is 1. The molecule has 2 unspecified atom stereocenters. The van der Waals surface area contributed by atoms with Crippen molar-refractivity contribution in [3.8, 4) is 5.75 Å². The number of carbonyl (C=O) groups excluding carboxylic acids is 1. The summed E-state index contributed by atoms with van der Waals surface area (Å²) in [4.78, 5) is 19.2.